The van der Waals surface area contributed by atoms with Crippen LogP contribution in [-0.2, 0) is 13.1 Å². The largest absolute Gasteiger partial charge is 0.316 e. The van der Waals surface area contributed by atoms with Crippen molar-refractivity contribution in [3.8, 4) is 0 Å². The molecule has 0 saturated carbocycles. The lowest BCUT2D eigenvalue weighted by molar-refractivity contribution is -0.384. The number of nitrogens with one attached hydrogen (secondary N) is 1. The molecule has 1 aromatic heterocycles. The first kappa shape index (κ1) is 13.7. The standard InChI is InChI=1S/C12H13BrN4O2/c1-14-5-9-6-15-16(7-9)8-10-2-3-11(17(18)19)4-12(10)13/h2-4,6-7,14H,5,8H2,1H3. The number of hydrogen-bond donors (Lipinski definition) is 1. The van der Waals surface area contributed by atoms with Crippen LogP contribution in [0, 0.1) is 10.1 Å². The molecule has 1 heterocycles. The van der Waals surface area contributed by atoms with Crippen LogP contribution in [0.25, 0.3) is 0 Å². The van der Waals surface area contributed by atoms with Gasteiger partial charge in [0.2, 0.25) is 0 Å². The SMILES string of the molecule is CNCc1cnn(Cc2ccc([N+](=O)[O-])cc2Br)c1. The fourth-order valence-corrected chi connectivity index (χ4v) is 2.23. The lowest BCUT2D eigenvalue weighted by Crippen LogP contribution is -2.04. The summed E-state index contributed by atoms with van der Waals surface area (Å²) in [7, 11) is 1.88. The van der Waals surface area contributed by atoms with Crippen LogP contribution in [0.5, 0.6) is 0 Å². The quantitative estimate of drug-likeness (QED) is 0.676. The van der Waals surface area contributed by atoms with Crippen molar-refractivity contribution < 1.29 is 4.92 Å². The number of nitro groups is 1. The lowest BCUT2D eigenvalue weighted by Gasteiger charge is -2.04. The molecule has 0 aliphatic rings. The molecule has 0 bridgehead atoms. The van der Waals surface area contributed by atoms with Crippen LogP contribution in [0.4, 0.5) is 5.69 Å². The smallest absolute Gasteiger partial charge is 0.270 e. The molecule has 2 aromatic rings. The van der Waals surface area contributed by atoms with Gasteiger partial charge >= 0.3 is 0 Å². The number of nitro benzene ring substituents is 1. The summed E-state index contributed by atoms with van der Waals surface area (Å²) in [5.41, 5.74) is 2.12. The highest BCUT2D eigenvalue weighted by molar-refractivity contribution is 9.10. The van der Waals surface area contributed by atoms with Crippen LogP contribution in [-0.4, -0.2) is 21.8 Å². The van der Waals surface area contributed by atoms with E-state index < -0.39 is 4.92 Å². The maximum atomic E-state index is 10.7. The highest BCUT2D eigenvalue weighted by atomic mass is 79.9. The van der Waals surface area contributed by atoms with Gasteiger partial charge in [0.1, 0.15) is 0 Å². The topological polar surface area (TPSA) is 73.0 Å². The molecule has 0 atom stereocenters. The second-order valence-corrected chi connectivity index (χ2v) is 4.96. The van der Waals surface area contributed by atoms with Crippen molar-refractivity contribution in [2.24, 2.45) is 0 Å². The molecular weight excluding hydrogens is 312 g/mol. The van der Waals surface area contributed by atoms with Crippen molar-refractivity contribution in [3.63, 3.8) is 0 Å². The minimum Gasteiger partial charge on any atom is -0.316 e. The third-order valence-corrected chi connectivity index (χ3v) is 3.39. The van der Waals surface area contributed by atoms with E-state index in [1.54, 1.807) is 16.9 Å². The van der Waals surface area contributed by atoms with Crippen molar-refractivity contribution in [1.29, 1.82) is 0 Å². The monoisotopic (exact) mass is 324 g/mol. The summed E-state index contributed by atoms with van der Waals surface area (Å²) in [5.74, 6) is 0. The van der Waals surface area contributed by atoms with Crippen LogP contribution < -0.4 is 5.32 Å². The summed E-state index contributed by atoms with van der Waals surface area (Å²) < 4.78 is 2.52. The van der Waals surface area contributed by atoms with E-state index in [-0.39, 0.29) is 5.69 Å². The number of aromatic nitrogens is 2. The number of non-ortho nitro benzene ring substituents is 1. The molecule has 1 aromatic carbocycles. The Balaban J connectivity index is 2.16. The molecule has 0 fully saturated rings. The van der Waals surface area contributed by atoms with E-state index in [1.807, 2.05) is 13.2 Å². The van der Waals surface area contributed by atoms with Gasteiger partial charge in [-0.2, -0.15) is 5.10 Å². The normalized spacial score (nSPS) is 10.6. The molecule has 1 N–H and O–H groups in total. The number of rotatable bonds is 5. The summed E-state index contributed by atoms with van der Waals surface area (Å²) in [5, 5.41) is 18.0. The third-order valence-electron chi connectivity index (χ3n) is 2.65. The fourth-order valence-electron chi connectivity index (χ4n) is 1.74. The molecule has 0 amide bonds. The van der Waals surface area contributed by atoms with Gasteiger partial charge in [0.15, 0.2) is 0 Å². The first-order chi connectivity index (χ1) is 9.10. The van der Waals surface area contributed by atoms with Crippen molar-refractivity contribution in [3.05, 3.63) is 56.3 Å². The Bertz CT molecular complexity index is 597. The maximum absolute atomic E-state index is 10.7. The zero-order valence-electron chi connectivity index (χ0n) is 10.3. The Morgan fingerprint density at radius 3 is 2.95 bits per heavy atom. The molecular formula is C12H13BrN4O2. The Morgan fingerprint density at radius 1 is 1.53 bits per heavy atom. The molecule has 2 rings (SSSR count). The van der Waals surface area contributed by atoms with E-state index in [0.29, 0.717) is 11.0 Å². The zero-order valence-corrected chi connectivity index (χ0v) is 11.9. The van der Waals surface area contributed by atoms with E-state index in [2.05, 4.69) is 26.3 Å². The number of nitrogens with zero attached hydrogens (tertiary/aromatic N) is 3. The van der Waals surface area contributed by atoms with Gasteiger partial charge in [-0.1, -0.05) is 15.9 Å². The third kappa shape index (κ3) is 3.39. The predicted octanol–water partition coefficient (Wildman–Crippen LogP) is 2.32. The first-order valence-electron chi connectivity index (χ1n) is 5.69. The van der Waals surface area contributed by atoms with Gasteiger partial charge in [-0.3, -0.25) is 14.8 Å². The van der Waals surface area contributed by atoms with Crippen molar-refractivity contribution >= 4 is 21.6 Å². The Labute approximate surface area is 118 Å². The zero-order chi connectivity index (χ0) is 13.8. The summed E-state index contributed by atoms with van der Waals surface area (Å²) in [6.07, 6.45) is 3.75. The number of halogens is 1. The molecule has 100 valence electrons. The van der Waals surface area contributed by atoms with Crippen molar-refractivity contribution in [2.45, 2.75) is 13.1 Å². The van der Waals surface area contributed by atoms with E-state index in [1.165, 1.54) is 12.1 Å². The second kappa shape index (κ2) is 5.94. The highest BCUT2D eigenvalue weighted by Gasteiger charge is 2.09. The predicted molar refractivity (Wildman–Crippen MR) is 74.9 cm³/mol. The van der Waals surface area contributed by atoms with Gasteiger partial charge < -0.3 is 5.32 Å². The Kier molecular flexibility index (Phi) is 4.28. The minimum absolute atomic E-state index is 0.0759. The van der Waals surface area contributed by atoms with E-state index in [9.17, 15) is 10.1 Å². The fraction of sp³-hybridized carbons (Fsp3) is 0.250. The molecule has 7 heteroatoms. The summed E-state index contributed by atoms with van der Waals surface area (Å²) in [6, 6.07) is 4.74. The Hall–Kier alpha value is -1.73. The summed E-state index contributed by atoms with van der Waals surface area (Å²) in [4.78, 5) is 10.2. The molecule has 0 saturated heterocycles. The van der Waals surface area contributed by atoms with Gasteiger partial charge in [-0.25, -0.2) is 0 Å². The number of benzene rings is 1. The molecule has 19 heavy (non-hydrogen) atoms. The van der Waals surface area contributed by atoms with Gasteiger partial charge in [0.05, 0.1) is 17.7 Å². The van der Waals surface area contributed by atoms with E-state index in [0.717, 1.165) is 17.7 Å². The minimum atomic E-state index is -0.409. The van der Waals surface area contributed by atoms with Crippen LogP contribution in [0.2, 0.25) is 0 Å². The molecule has 0 unspecified atom stereocenters. The molecule has 0 aliphatic heterocycles. The van der Waals surface area contributed by atoms with Crippen LogP contribution >= 0.6 is 15.9 Å². The maximum Gasteiger partial charge on any atom is 0.270 e. The lowest BCUT2D eigenvalue weighted by atomic mass is 10.2. The molecule has 0 spiro atoms. The first-order valence-corrected chi connectivity index (χ1v) is 6.48. The summed E-state index contributed by atoms with van der Waals surface area (Å²) >= 11 is 3.35. The van der Waals surface area contributed by atoms with Gasteiger partial charge in [0, 0.05) is 34.9 Å². The van der Waals surface area contributed by atoms with Gasteiger partial charge in [-0.05, 0) is 18.7 Å². The van der Waals surface area contributed by atoms with Crippen LogP contribution in [0.15, 0.2) is 35.1 Å². The van der Waals surface area contributed by atoms with Crippen LogP contribution in [0.1, 0.15) is 11.1 Å². The second-order valence-electron chi connectivity index (χ2n) is 4.11. The van der Waals surface area contributed by atoms with Gasteiger partial charge in [-0.15, -0.1) is 0 Å². The molecule has 0 aliphatic carbocycles. The Morgan fingerprint density at radius 2 is 2.32 bits per heavy atom. The van der Waals surface area contributed by atoms with E-state index in [4.69, 9.17) is 0 Å². The summed E-state index contributed by atoms with van der Waals surface area (Å²) in [6.45, 7) is 1.34. The molecule has 6 nitrogen and oxygen atoms in total. The van der Waals surface area contributed by atoms with Crippen molar-refractivity contribution in [1.82, 2.24) is 15.1 Å². The average molecular weight is 325 g/mol. The molecule has 0 radical (unpaired) electrons. The van der Waals surface area contributed by atoms with Gasteiger partial charge in [0.25, 0.3) is 5.69 Å². The average Bonchev–Trinajstić information content (AvgIpc) is 2.79. The van der Waals surface area contributed by atoms with Crippen LogP contribution in [0.3, 0.4) is 0 Å². The van der Waals surface area contributed by atoms with E-state index >= 15 is 0 Å². The van der Waals surface area contributed by atoms with Crippen molar-refractivity contribution in [2.75, 3.05) is 7.05 Å². The highest BCUT2D eigenvalue weighted by Crippen LogP contribution is 2.23. The number of hydrogen-bond acceptors (Lipinski definition) is 4.